The van der Waals surface area contributed by atoms with E-state index in [9.17, 15) is 0 Å². The molecule has 0 aliphatic carbocycles. The summed E-state index contributed by atoms with van der Waals surface area (Å²) in [5.41, 5.74) is 0. The maximum absolute atomic E-state index is 2.76. The van der Waals surface area contributed by atoms with Crippen LogP contribution >= 0.6 is 0 Å². The molecule has 0 saturated carbocycles. The van der Waals surface area contributed by atoms with Crippen LogP contribution in [-0.2, 0) is 0 Å². The number of likely N-dealkylation sites (tertiary alicyclic amines) is 2. The normalized spacial score (nSPS) is 20.2. The zero-order chi connectivity index (χ0) is 24.0. The van der Waals surface area contributed by atoms with Gasteiger partial charge in [-0.2, -0.15) is 0 Å². The molecule has 2 aliphatic heterocycles. The summed E-state index contributed by atoms with van der Waals surface area (Å²) in [4.78, 5) is 5.49. The summed E-state index contributed by atoms with van der Waals surface area (Å²) in [6.45, 7) is 14.7. The second-order valence-corrected chi connectivity index (χ2v) is 11.1. The molecule has 35 heavy (non-hydrogen) atoms. The SMILES string of the molecule is CCCCCCCCCN1CCCC1CC.CCCCCCCCCN1CCCC1CCC.F.F. The Balaban J connectivity index is 0. The molecule has 0 amide bonds. The Kier molecular flexibility index (Phi) is 28.3. The Morgan fingerprint density at radius 1 is 0.486 bits per heavy atom. The summed E-state index contributed by atoms with van der Waals surface area (Å²) in [6.07, 6.45) is 30.1. The van der Waals surface area contributed by atoms with Crippen LogP contribution in [0.25, 0.3) is 0 Å². The Hall–Kier alpha value is -0.220. The first-order valence-electron chi connectivity index (χ1n) is 15.7. The largest absolute Gasteiger partial charge is 0.300 e. The van der Waals surface area contributed by atoms with Crippen LogP contribution < -0.4 is 0 Å². The standard InChI is InChI=1S/C16H33N.C15H31N.2FH/c1-3-5-6-7-8-9-10-14-17-15-11-13-16(17)12-4-2;1-3-5-6-7-8-9-10-13-16-14-11-12-15(16)4-2;;/h16H,3-15H2,1-2H3;15H,3-14H2,1-2H3;2*1H. The van der Waals surface area contributed by atoms with Crippen molar-refractivity contribution in [3.8, 4) is 0 Å². The van der Waals surface area contributed by atoms with Gasteiger partial charge in [-0.15, -0.1) is 0 Å². The summed E-state index contributed by atoms with van der Waals surface area (Å²) in [5, 5.41) is 0. The fourth-order valence-electron chi connectivity index (χ4n) is 6.05. The van der Waals surface area contributed by atoms with Crippen LogP contribution in [-0.4, -0.2) is 48.1 Å². The molecule has 4 heteroatoms. The van der Waals surface area contributed by atoms with E-state index in [-0.39, 0.29) is 9.41 Å². The van der Waals surface area contributed by atoms with E-state index in [0.717, 1.165) is 12.1 Å². The number of nitrogens with zero attached hydrogens (tertiary/aromatic N) is 2. The number of halogens is 2. The molecule has 2 atom stereocenters. The second kappa shape index (κ2) is 26.8. The average Bonchev–Trinajstić information content (AvgIpc) is 3.47. The Morgan fingerprint density at radius 2 is 0.886 bits per heavy atom. The van der Waals surface area contributed by atoms with Crippen molar-refractivity contribution in [2.75, 3.05) is 26.2 Å². The van der Waals surface area contributed by atoms with Gasteiger partial charge in [-0.1, -0.05) is 111 Å². The monoisotopic (exact) mass is 505 g/mol. The van der Waals surface area contributed by atoms with Crippen molar-refractivity contribution in [1.29, 1.82) is 0 Å². The Labute approximate surface area is 220 Å². The maximum Gasteiger partial charge on any atom is 0.00956 e. The van der Waals surface area contributed by atoms with Gasteiger partial charge in [0.2, 0.25) is 0 Å². The lowest BCUT2D eigenvalue weighted by Crippen LogP contribution is -2.30. The summed E-state index contributed by atoms with van der Waals surface area (Å²) < 4.78 is 0. The minimum Gasteiger partial charge on any atom is -0.300 e. The van der Waals surface area contributed by atoms with Gasteiger partial charge in [-0.3, -0.25) is 9.41 Å². The molecule has 2 rings (SSSR count). The van der Waals surface area contributed by atoms with Gasteiger partial charge in [-0.05, 0) is 77.5 Å². The van der Waals surface area contributed by atoms with Gasteiger partial charge >= 0.3 is 0 Å². The van der Waals surface area contributed by atoms with Crippen molar-refractivity contribution in [3.63, 3.8) is 0 Å². The molecule has 2 unspecified atom stereocenters. The first-order chi connectivity index (χ1) is 16.3. The molecule has 0 bridgehead atoms. The number of rotatable bonds is 19. The van der Waals surface area contributed by atoms with Gasteiger partial charge in [0.1, 0.15) is 0 Å². The van der Waals surface area contributed by atoms with E-state index in [0.29, 0.717) is 0 Å². The fourth-order valence-corrected chi connectivity index (χ4v) is 6.05. The van der Waals surface area contributed by atoms with Crippen LogP contribution in [0.5, 0.6) is 0 Å². The van der Waals surface area contributed by atoms with Gasteiger partial charge in [0.15, 0.2) is 0 Å². The molecule has 2 nitrogen and oxygen atoms in total. The third-order valence-electron chi connectivity index (χ3n) is 8.19. The lowest BCUT2D eigenvalue weighted by Gasteiger charge is -2.23. The third kappa shape index (κ3) is 18.6. The smallest absolute Gasteiger partial charge is 0.00956 e. The second-order valence-electron chi connectivity index (χ2n) is 11.1. The van der Waals surface area contributed by atoms with Gasteiger partial charge in [0, 0.05) is 12.1 Å². The zero-order valence-electron chi connectivity index (χ0n) is 24.5. The van der Waals surface area contributed by atoms with Crippen molar-refractivity contribution in [2.45, 2.75) is 175 Å². The Morgan fingerprint density at radius 3 is 1.31 bits per heavy atom. The van der Waals surface area contributed by atoms with E-state index in [4.69, 9.17) is 0 Å². The molecule has 214 valence electrons. The van der Waals surface area contributed by atoms with E-state index >= 15 is 0 Å². The lowest BCUT2D eigenvalue weighted by atomic mass is 10.1. The number of hydrogen-bond acceptors (Lipinski definition) is 2. The quantitative estimate of drug-likeness (QED) is 0.161. The summed E-state index contributed by atoms with van der Waals surface area (Å²) in [5.74, 6) is 0. The van der Waals surface area contributed by atoms with Crippen molar-refractivity contribution >= 4 is 0 Å². The average molecular weight is 505 g/mol. The summed E-state index contributed by atoms with van der Waals surface area (Å²) in [7, 11) is 0. The first-order valence-corrected chi connectivity index (χ1v) is 15.7. The molecule has 0 aromatic heterocycles. The molecular formula is C31H66F2N2. The highest BCUT2D eigenvalue weighted by Crippen LogP contribution is 2.22. The molecule has 0 radical (unpaired) electrons. The van der Waals surface area contributed by atoms with Crippen LogP contribution in [0.15, 0.2) is 0 Å². The molecule has 2 aliphatic rings. The highest BCUT2D eigenvalue weighted by atomic mass is 19.0. The van der Waals surface area contributed by atoms with E-state index in [2.05, 4.69) is 37.5 Å². The molecule has 2 fully saturated rings. The van der Waals surface area contributed by atoms with Crippen LogP contribution in [0.2, 0.25) is 0 Å². The predicted octanol–water partition coefficient (Wildman–Crippen LogP) is 9.92. The summed E-state index contributed by atoms with van der Waals surface area (Å²) >= 11 is 0. The van der Waals surface area contributed by atoms with Crippen LogP contribution in [0, 0.1) is 0 Å². The van der Waals surface area contributed by atoms with E-state index in [1.807, 2.05) is 0 Å². The lowest BCUT2D eigenvalue weighted by molar-refractivity contribution is 0.236. The maximum atomic E-state index is 2.76. The zero-order valence-corrected chi connectivity index (χ0v) is 24.5. The van der Waals surface area contributed by atoms with Crippen molar-refractivity contribution in [2.24, 2.45) is 0 Å². The third-order valence-corrected chi connectivity index (χ3v) is 8.19. The topological polar surface area (TPSA) is 6.48 Å². The molecule has 0 aromatic carbocycles. The minimum absolute atomic E-state index is 0. The minimum atomic E-state index is 0. The van der Waals surface area contributed by atoms with Crippen LogP contribution in [0.3, 0.4) is 0 Å². The van der Waals surface area contributed by atoms with Gasteiger partial charge < -0.3 is 9.80 Å². The van der Waals surface area contributed by atoms with Crippen LogP contribution in [0.1, 0.15) is 163 Å². The highest BCUT2D eigenvalue weighted by molar-refractivity contribution is 4.79. The predicted molar refractivity (Wildman–Crippen MR) is 155 cm³/mol. The molecule has 0 N–H and O–H groups in total. The molecule has 0 spiro atoms. The van der Waals surface area contributed by atoms with Crippen molar-refractivity contribution in [3.05, 3.63) is 0 Å². The molecule has 2 saturated heterocycles. The summed E-state index contributed by atoms with van der Waals surface area (Å²) in [6, 6.07) is 1.85. The first kappa shape index (κ1) is 36.9. The van der Waals surface area contributed by atoms with Crippen LogP contribution in [0.4, 0.5) is 9.41 Å². The molecule has 2 heterocycles. The van der Waals surface area contributed by atoms with Gasteiger partial charge in [-0.25, -0.2) is 0 Å². The molecule has 0 aromatic rings. The van der Waals surface area contributed by atoms with Gasteiger partial charge in [0.25, 0.3) is 0 Å². The van der Waals surface area contributed by atoms with Gasteiger partial charge in [0.05, 0.1) is 0 Å². The Bertz CT molecular complexity index is 407. The van der Waals surface area contributed by atoms with Crippen molar-refractivity contribution < 1.29 is 9.41 Å². The molecular weight excluding hydrogens is 438 g/mol. The number of unbranched alkanes of at least 4 members (excludes halogenated alkanes) is 12. The van der Waals surface area contributed by atoms with E-state index in [1.165, 1.54) is 161 Å². The highest BCUT2D eigenvalue weighted by Gasteiger charge is 2.22. The van der Waals surface area contributed by atoms with E-state index in [1.54, 1.807) is 0 Å². The fraction of sp³-hybridized carbons (Fsp3) is 1.00. The van der Waals surface area contributed by atoms with Crippen molar-refractivity contribution in [1.82, 2.24) is 9.80 Å². The number of hydrogen-bond donors (Lipinski definition) is 0. The van der Waals surface area contributed by atoms with E-state index < -0.39 is 0 Å².